The Morgan fingerprint density at radius 2 is 2.00 bits per heavy atom. The molecule has 0 aromatic rings. The highest BCUT2D eigenvalue weighted by Gasteiger charge is 2.21. The van der Waals surface area contributed by atoms with E-state index < -0.39 is 0 Å². The van der Waals surface area contributed by atoms with Crippen LogP contribution in [0.3, 0.4) is 0 Å². The molecular weight excluding hydrogens is 238 g/mol. The molecule has 4 nitrogen and oxygen atoms in total. The third kappa shape index (κ3) is 4.10. The zero-order valence-electron chi connectivity index (χ0n) is 12.0. The van der Waals surface area contributed by atoms with Crippen LogP contribution in [-0.4, -0.2) is 67.4 Å². The summed E-state index contributed by atoms with van der Waals surface area (Å²) in [4.78, 5) is 18.5. The van der Waals surface area contributed by atoms with Crippen LogP contribution >= 0.6 is 0 Å². The van der Waals surface area contributed by atoms with Crippen LogP contribution in [0.15, 0.2) is 23.9 Å². The maximum atomic E-state index is 12.0. The Hall–Kier alpha value is -1.29. The summed E-state index contributed by atoms with van der Waals surface area (Å²) in [5, 5.41) is 0. The van der Waals surface area contributed by atoms with Gasteiger partial charge in [0.2, 0.25) is 5.91 Å². The van der Waals surface area contributed by atoms with Crippen LogP contribution in [0.1, 0.15) is 12.8 Å². The number of allylic oxidation sites excluding steroid dienone is 3. The molecule has 0 unspecified atom stereocenters. The predicted octanol–water partition coefficient (Wildman–Crippen LogP) is 1.13. The number of rotatable bonds is 4. The van der Waals surface area contributed by atoms with E-state index in [1.807, 2.05) is 19.0 Å². The summed E-state index contributed by atoms with van der Waals surface area (Å²) < 4.78 is 0. The zero-order valence-corrected chi connectivity index (χ0v) is 12.0. The Morgan fingerprint density at radius 3 is 2.58 bits per heavy atom. The lowest BCUT2D eigenvalue weighted by Crippen LogP contribution is -2.48. The lowest BCUT2D eigenvalue weighted by Gasteiger charge is -2.37. The summed E-state index contributed by atoms with van der Waals surface area (Å²) in [5.74, 6) is 0.287. The van der Waals surface area contributed by atoms with Crippen molar-refractivity contribution in [1.82, 2.24) is 14.7 Å². The van der Waals surface area contributed by atoms with Gasteiger partial charge in [-0.1, -0.05) is 12.2 Å². The van der Waals surface area contributed by atoms with Crippen molar-refractivity contribution < 1.29 is 4.79 Å². The number of hydrogen-bond donors (Lipinski definition) is 0. The average Bonchev–Trinajstić information content (AvgIpc) is 2.46. The third-order valence-electron chi connectivity index (χ3n) is 3.64. The van der Waals surface area contributed by atoms with Gasteiger partial charge >= 0.3 is 0 Å². The van der Waals surface area contributed by atoms with Gasteiger partial charge in [-0.25, -0.2) is 0 Å². The second-order valence-electron chi connectivity index (χ2n) is 5.38. The molecule has 0 aromatic heterocycles. The van der Waals surface area contributed by atoms with Gasteiger partial charge in [0.05, 0.1) is 0 Å². The van der Waals surface area contributed by atoms with Crippen LogP contribution in [0.2, 0.25) is 0 Å². The smallest absolute Gasteiger partial charge is 0.223 e. The number of carbonyl (C=O) groups excluding carboxylic acids is 1. The Morgan fingerprint density at radius 1 is 1.26 bits per heavy atom. The van der Waals surface area contributed by atoms with Gasteiger partial charge in [-0.3, -0.25) is 4.79 Å². The molecule has 0 saturated carbocycles. The third-order valence-corrected chi connectivity index (χ3v) is 3.64. The first-order valence-electron chi connectivity index (χ1n) is 7.04. The predicted molar refractivity (Wildman–Crippen MR) is 77.5 cm³/mol. The standard InChI is InChI=1S/C15H24N3O/c1-16(2)9-8-15(19)18-12-10-17(11-13-18)14-6-4-3-5-7-14/h3-4,6-7H,5,8-13H2,1-2H3. The van der Waals surface area contributed by atoms with Crippen molar-refractivity contribution in [3.05, 3.63) is 30.3 Å². The largest absolute Gasteiger partial charge is 0.368 e. The van der Waals surface area contributed by atoms with Gasteiger partial charge in [-0.05, 0) is 33.0 Å². The van der Waals surface area contributed by atoms with E-state index in [9.17, 15) is 4.79 Å². The molecule has 2 rings (SSSR count). The average molecular weight is 262 g/mol. The molecule has 4 heteroatoms. The molecule has 0 bridgehead atoms. The number of piperazine rings is 1. The fraction of sp³-hybridized carbons (Fsp3) is 0.600. The summed E-state index contributed by atoms with van der Waals surface area (Å²) in [6.07, 6.45) is 10.3. The Balaban J connectivity index is 1.77. The highest BCUT2D eigenvalue weighted by atomic mass is 16.2. The second-order valence-corrected chi connectivity index (χ2v) is 5.38. The maximum Gasteiger partial charge on any atom is 0.223 e. The zero-order chi connectivity index (χ0) is 13.7. The van der Waals surface area contributed by atoms with E-state index in [-0.39, 0.29) is 5.91 Å². The maximum absolute atomic E-state index is 12.0. The van der Waals surface area contributed by atoms with Crippen molar-refractivity contribution in [1.29, 1.82) is 0 Å². The van der Waals surface area contributed by atoms with Gasteiger partial charge in [0.1, 0.15) is 0 Å². The SMILES string of the molecule is CN(C)CCC(=O)N1CCN(C2=CC[CH]C=C2)CC1. The molecule has 1 aliphatic carbocycles. The molecule has 1 fully saturated rings. The number of amides is 1. The van der Waals surface area contributed by atoms with Crippen molar-refractivity contribution in [2.75, 3.05) is 46.8 Å². The number of carbonyl (C=O) groups is 1. The van der Waals surface area contributed by atoms with Gasteiger partial charge in [-0.15, -0.1) is 0 Å². The summed E-state index contributed by atoms with van der Waals surface area (Å²) in [6.45, 7) is 4.43. The van der Waals surface area contributed by atoms with Crippen LogP contribution in [0.5, 0.6) is 0 Å². The number of hydrogen-bond acceptors (Lipinski definition) is 3. The van der Waals surface area contributed by atoms with Gasteiger partial charge in [-0.2, -0.15) is 0 Å². The van der Waals surface area contributed by atoms with Crippen molar-refractivity contribution in [2.45, 2.75) is 12.8 Å². The molecule has 1 heterocycles. The minimum absolute atomic E-state index is 0.287. The highest BCUT2D eigenvalue weighted by molar-refractivity contribution is 5.76. The first kappa shape index (κ1) is 14.1. The van der Waals surface area contributed by atoms with E-state index >= 15 is 0 Å². The molecule has 0 spiro atoms. The molecule has 1 amide bonds. The molecule has 1 radical (unpaired) electrons. The number of nitrogens with zero attached hydrogens (tertiary/aromatic N) is 3. The highest BCUT2D eigenvalue weighted by Crippen LogP contribution is 2.16. The molecule has 0 N–H and O–H groups in total. The lowest BCUT2D eigenvalue weighted by atomic mass is 10.1. The van der Waals surface area contributed by atoms with Crippen LogP contribution < -0.4 is 0 Å². The molecule has 105 valence electrons. The fourth-order valence-electron chi connectivity index (χ4n) is 2.43. The molecule has 0 aromatic carbocycles. The van der Waals surface area contributed by atoms with Gasteiger partial charge in [0.15, 0.2) is 0 Å². The van der Waals surface area contributed by atoms with Crippen molar-refractivity contribution in [2.24, 2.45) is 0 Å². The monoisotopic (exact) mass is 262 g/mol. The van der Waals surface area contributed by atoms with Crippen LogP contribution in [0.4, 0.5) is 0 Å². The van der Waals surface area contributed by atoms with Crippen molar-refractivity contribution in [3.8, 4) is 0 Å². The van der Waals surface area contributed by atoms with Gasteiger partial charge in [0, 0.05) is 44.8 Å². The van der Waals surface area contributed by atoms with E-state index in [2.05, 4.69) is 34.4 Å². The van der Waals surface area contributed by atoms with E-state index in [0.29, 0.717) is 6.42 Å². The molecule has 2 aliphatic rings. The fourth-order valence-corrected chi connectivity index (χ4v) is 2.43. The summed E-state index contributed by atoms with van der Waals surface area (Å²) in [7, 11) is 4.01. The molecule has 19 heavy (non-hydrogen) atoms. The second kappa shape index (κ2) is 6.75. The van der Waals surface area contributed by atoms with Crippen LogP contribution in [-0.2, 0) is 4.79 Å². The normalized spacial score (nSPS) is 19.8. The minimum atomic E-state index is 0.287. The molecule has 0 atom stereocenters. The first-order valence-corrected chi connectivity index (χ1v) is 7.04. The Labute approximate surface area is 116 Å². The lowest BCUT2D eigenvalue weighted by molar-refractivity contribution is -0.132. The van der Waals surface area contributed by atoms with E-state index in [1.165, 1.54) is 5.70 Å². The Kier molecular flexibility index (Phi) is 5.02. The van der Waals surface area contributed by atoms with Crippen molar-refractivity contribution in [3.63, 3.8) is 0 Å². The summed E-state index contributed by atoms with van der Waals surface area (Å²) >= 11 is 0. The van der Waals surface area contributed by atoms with E-state index in [4.69, 9.17) is 0 Å². The topological polar surface area (TPSA) is 26.8 Å². The van der Waals surface area contributed by atoms with Gasteiger partial charge in [0.25, 0.3) is 0 Å². The van der Waals surface area contributed by atoms with Crippen molar-refractivity contribution >= 4 is 5.91 Å². The van der Waals surface area contributed by atoms with E-state index in [1.54, 1.807) is 0 Å². The first-order chi connectivity index (χ1) is 9.16. The minimum Gasteiger partial charge on any atom is -0.368 e. The summed E-state index contributed by atoms with van der Waals surface area (Å²) in [5.41, 5.74) is 1.31. The molecule has 1 saturated heterocycles. The van der Waals surface area contributed by atoms with Gasteiger partial charge < -0.3 is 14.7 Å². The quantitative estimate of drug-likeness (QED) is 0.760. The van der Waals surface area contributed by atoms with E-state index in [0.717, 1.165) is 39.1 Å². The molecule has 1 aliphatic heterocycles. The molecular formula is C15H24N3O. The Bertz CT molecular complexity index is 366. The van der Waals surface area contributed by atoms with Crippen LogP contribution in [0, 0.1) is 6.42 Å². The summed E-state index contributed by atoms with van der Waals surface area (Å²) in [6, 6.07) is 0. The van der Waals surface area contributed by atoms with Crippen LogP contribution in [0.25, 0.3) is 0 Å².